The van der Waals surface area contributed by atoms with Crippen LogP contribution in [0, 0.1) is 0 Å². The first kappa shape index (κ1) is 11.7. The molecule has 1 heterocycles. The van der Waals surface area contributed by atoms with Crippen LogP contribution in [0.1, 0.15) is 32.0 Å². The monoisotopic (exact) mass is 210 g/mol. The van der Waals surface area contributed by atoms with Crippen LogP contribution in [0.2, 0.25) is 0 Å². The van der Waals surface area contributed by atoms with Gasteiger partial charge in [-0.1, -0.05) is 6.92 Å². The molecular weight excluding hydrogens is 192 g/mol. The highest BCUT2D eigenvalue weighted by Gasteiger charge is 2.10. The number of aromatic nitrogens is 2. The Hall–Kier alpha value is -1.36. The van der Waals surface area contributed by atoms with Gasteiger partial charge in [0.05, 0.1) is 12.0 Å². The average Bonchev–Trinajstić information content (AvgIpc) is 2.65. The summed E-state index contributed by atoms with van der Waals surface area (Å²) in [6.45, 7) is 5.57. The summed E-state index contributed by atoms with van der Waals surface area (Å²) < 4.78 is 1.73. The quantitative estimate of drug-likeness (QED) is 0.669. The van der Waals surface area contributed by atoms with Crippen molar-refractivity contribution in [2.45, 2.75) is 32.9 Å². The van der Waals surface area contributed by atoms with E-state index in [0.29, 0.717) is 0 Å². The smallest absolute Gasteiger partial charge is 0.240 e. The Morgan fingerprint density at radius 1 is 1.73 bits per heavy atom. The standard InChI is InChI=1S/C10H18N4O/c1-3-4-12-5-9-6-14(7-13-9)8(2)10(11)15/h6-8,12H,3-5H2,1-2H3,(H2,11,15). The van der Waals surface area contributed by atoms with E-state index in [2.05, 4.69) is 17.2 Å². The minimum Gasteiger partial charge on any atom is -0.368 e. The first-order valence-electron chi connectivity index (χ1n) is 5.17. The van der Waals surface area contributed by atoms with Gasteiger partial charge in [0.15, 0.2) is 0 Å². The van der Waals surface area contributed by atoms with E-state index in [9.17, 15) is 4.79 Å². The highest BCUT2D eigenvalue weighted by molar-refractivity contribution is 5.77. The van der Waals surface area contributed by atoms with Crippen molar-refractivity contribution in [3.05, 3.63) is 18.2 Å². The van der Waals surface area contributed by atoms with Crippen LogP contribution < -0.4 is 11.1 Å². The van der Waals surface area contributed by atoms with Crippen molar-refractivity contribution in [2.75, 3.05) is 6.54 Å². The van der Waals surface area contributed by atoms with Gasteiger partial charge in [-0.2, -0.15) is 0 Å². The number of hydrogen-bond donors (Lipinski definition) is 2. The zero-order valence-electron chi connectivity index (χ0n) is 9.23. The molecule has 0 bridgehead atoms. The molecule has 1 atom stereocenters. The summed E-state index contributed by atoms with van der Waals surface area (Å²) in [4.78, 5) is 15.1. The van der Waals surface area contributed by atoms with Crippen LogP contribution in [0.3, 0.4) is 0 Å². The van der Waals surface area contributed by atoms with Gasteiger partial charge < -0.3 is 15.6 Å². The lowest BCUT2D eigenvalue weighted by Gasteiger charge is -2.07. The van der Waals surface area contributed by atoms with Crippen molar-refractivity contribution in [3.63, 3.8) is 0 Å². The number of primary amides is 1. The molecule has 5 nitrogen and oxygen atoms in total. The number of nitrogens with one attached hydrogen (secondary N) is 1. The molecule has 0 saturated carbocycles. The van der Waals surface area contributed by atoms with Crippen LogP contribution in [0.15, 0.2) is 12.5 Å². The normalized spacial score (nSPS) is 12.7. The molecule has 84 valence electrons. The van der Waals surface area contributed by atoms with E-state index in [1.165, 1.54) is 0 Å². The second-order valence-electron chi connectivity index (χ2n) is 3.57. The number of amides is 1. The van der Waals surface area contributed by atoms with Crippen molar-refractivity contribution in [2.24, 2.45) is 5.73 Å². The van der Waals surface area contributed by atoms with Gasteiger partial charge >= 0.3 is 0 Å². The van der Waals surface area contributed by atoms with E-state index in [-0.39, 0.29) is 11.9 Å². The lowest BCUT2D eigenvalue weighted by molar-refractivity contribution is -0.120. The fourth-order valence-corrected chi connectivity index (χ4v) is 1.22. The Morgan fingerprint density at radius 2 is 2.47 bits per heavy atom. The number of imidazole rings is 1. The van der Waals surface area contributed by atoms with Gasteiger partial charge in [0.25, 0.3) is 0 Å². The average molecular weight is 210 g/mol. The second-order valence-corrected chi connectivity index (χ2v) is 3.57. The van der Waals surface area contributed by atoms with Crippen molar-refractivity contribution in [1.82, 2.24) is 14.9 Å². The molecule has 0 aliphatic heterocycles. The summed E-state index contributed by atoms with van der Waals surface area (Å²) in [6.07, 6.45) is 4.58. The number of nitrogens with zero attached hydrogens (tertiary/aromatic N) is 2. The van der Waals surface area contributed by atoms with Crippen LogP contribution in [-0.2, 0) is 11.3 Å². The lowest BCUT2D eigenvalue weighted by Crippen LogP contribution is -2.23. The third-order valence-electron chi connectivity index (χ3n) is 2.25. The molecule has 5 heteroatoms. The Labute approximate surface area is 89.7 Å². The molecule has 0 aliphatic carbocycles. The van der Waals surface area contributed by atoms with Gasteiger partial charge in [-0.3, -0.25) is 4.79 Å². The minimum atomic E-state index is -0.347. The fourth-order valence-electron chi connectivity index (χ4n) is 1.22. The molecular formula is C10H18N4O. The molecule has 1 unspecified atom stereocenters. The Kier molecular flexibility index (Phi) is 4.30. The predicted octanol–water partition coefficient (Wildman–Crippen LogP) is 0.429. The molecule has 0 radical (unpaired) electrons. The zero-order chi connectivity index (χ0) is 11.3. The van der Waals surface area contributed by atoms with E-state index in [1.807, 2.05) is 6.20 Å². The summed E-state index contributed by atoms with van der Waals surface area (Å²) in [5.74, 6) is -0.347. The van der Waals surface area contributed by atoms with Gasteiger partial charge in [0, 0.05) is 12.7 Å². The molecule has 1 rings (SSSR count). The van der Waals surface area contributed by atoms with E-state index >= 15 is 0 Å². The molecule has 1 amide bonds. The Bertz CT molecular complexity index is 321. The van der Waals surface area contributed by atoms with Crippen LogP contribution in [-0.4, -0.2) is 22.0 Å². The molecule has 0 saturated heterocycles. The van der Waals surface area contributed by atoms with Crippen LogP contribution in [0.4, 0.5) is 0 Å². The van der Waals surface area contributed by atoms with Crippen molar-refractivity contribution >= 4 is 5.91 Å². The van der Waals surface area contributed by atoms with Crippen LogP contribution in [0.5, 0.6) is 0 Å². The van der Waals surface area contributed by atoms with Crippen molar-refractivity contribution in [1.29, 1.82) is 0 Å². The molecule has 1 aromatic rings. The van der Waals surface area contributed by atoms with Gasteiger partial charge in [0.1, 0.15) is 6.04 Å². The van der Waals surface area contributed by atoms with Crippen LogP contribution in [0.25, 0.3) is 0 Å². The molecule has 0 aliphatic rings. The molecule has 3 N–H and O–H groups in total. The number of hydrogen-bond acceptors (Lipinski definition) is 3. The highest BCUT2D eigenvalue weighted by Crippen LogP contribution is 2.05. The van der Waals surface area contributed by atoms with Gasteiger partial charge in [-0.25, -0.2) is 4.98 Å². The van der Waals surface area contributed by atoms with E-state index in [1.54, 1.807) is 17.8 Å². The molecule has 1 aromatic heterocycles. The molecule has 0 aromatic carbocycles. The minimum absolute atomic E-state index is 0.336. The largest absolute Gasteiger partial charge is 0.368 e. The maximum absolute atomic E-state index is 10.9. The second kappa shape index (κ2) is 5.50. The van der Waals surface area contributed by atoms with Gasteiger partial charge in [0.2, 0.25) is 5.91 Å². The summed E-state index contributed by atoms with van der Waals surface area (Å²) >= 11 is 0. The summed E-state index contributed by atoms with van der Waals surface area (Å²) in [7, 11) is 0. The SMILES string of the molecule is CCCNCc1cn(C(C)C(N)=O)cn1. The number of rotatable bonds is 6. The van der Waals surface area contributed by atoms with Crippen molar-refractivity contribution in [3.8, 4) is 0 Å². The Morgan fingerprint density at radius 3 is 3.07 bits per heavy atom. The third-order valence-corrected chi connectivity index (χ3v) is 2.25. The predicted molar refractivity (Wildman–Crippen MR) is 58.1 cm³/mol. The number of carbonyl (C=O) groups is 1. The summed E-state index contributed by atoms with van der Waals surface area (Å²) in [5, 5.41) is 3.24. The van der Waals surface area contributed by atoms with Gasteiger partial charge in [-0.15, -0.1) is 0 Å². The summed E-state index contributed by atoms with van der Waals surface area (Å²) in [5.41, 5.74) is 6.12. The molecule has 0 spiro atoms. The van der Waals surface area contributed by atoms with E-state index in [4.69, 9.17) is 5.73 Å². The maximum atomic E-state index is 10.9. The molecule has 0 fully saturated rings. The van der Waals surface area contributed by atoms with Crippen LogP contribution >= 0.6 is 0 Å². The zero-order valence-corrected chi connectivity index (χ0v) is 9.23. The van der Waals surface area contributed by atoms with Gasteiger partial charge in [-0.05, 0) is 19.9 Å². The molecule has 15 heavy (non-hydrogen) atoms. The fraction of sp³-hybridized carbons (Fsp3) is 0.600. The van der Waals surface area contributed by atoms with Crippen molar-refractivity contribution < 1.29 is 4.79 Å². The third kappa shape index (κ3) is 3.36. The maximum Gasteiger partial charge on any atom is 0.240 e. The number of nitrogens with two attached hydrogens (primary N) is 1. The van der Waals surface area contributed by atoms with E-state index < -0.39 is 0 Å². The highest BCUT2D eigenvalue weighted by atomic mass is 16.1. The topological polar surface area (TPSA) is 72.9 Å². The Balaban J connectivity index is 2.52. The van der Waals surface area contributed by atoms with E-state index in [0.717, 1.165) is 25.2 Å². The lowest BCUT2D eigenvalue weighted by atomic mass is 10.3. The first-order chi connectivity index (χ1) is 7.15. The number of carbonyl (C=O) groups excluding carboxylic acids is 1. The first-order valence-corrected chi connectivity index (χ1v) is 5.17. The summed E-state index contributed by atoms with van der Waals surface area (Å²) in [6, 6.07) is -0.336.